The molecule has 3 N–H and O–H groups in total. The second kappa shape index (κ2) is 6.26. The Balaban J connectivity index is 1.91. The van der Waals surface area contributed by atoms with Crippen LogP contribution in [0.4, 0.5) is 5.69 Å². The monoisotopic (exact) mass is 250 g/mol. The van der Waals surface area contributed by atoms with Crippen molar-refractivity contribution in [2.75, 3.05) is 25.1 Å². The van der Waals surface area contributed by atoms with Crippen molar-refractivity contribution >= 4 is 11.6 Å². The molecule has 1 aliphatic heterocycles. The fourth-order valence-electron chi connectivity index (χ4n) is 1.92. The number of benzene rings is 1. The molecule has 98 valence electrons. The molecule has 18 heavy (non-hydrogen) atoms. The summed E-state index contributed by atoms with van der Waals surface area (Å²) in [6, 6.07) is 7.84. The molecule has 1 saturated heterocycles. The number of ether oxygens (including phenoxy) is 2. The maximum Gasteiger partial charge on any atom is 0.255 e. The van der Waals surface area contributed by atoms with Crippen LogP contribution in [0.2, 0.25) is 0 Å². The standard InChI is InChI=1S/C13H18N2O3/c14-13(16)9-18-12-5-1-3-10(7-12)15-11-4-2-6-17-8-11/h1,3,5,7,11,15H,2,4,6,8-9H2,(H2,14,16). The Bertz CT molecular complexity index is 403. The van der Waals surface area contributed by atoms with E-state index in [4.69, 9.17) is 15.2 Å². The molecule has 0 aromatic heterocycles. The predicted octanol–water partition coefficient (Wildman–Crippen LogP) is 1.14. The summed E-state index contributed by atoms with van der Waals surface area (Å²) in [5.74, 6) is 0.157. The zero-order valence-corrected chi connectivity index (χ0v) is 10.2. The van der Waals surface area contributed by atoms with E-state index in [-0.39, 0.29) is 6.61 Å². The van der Waals surface area contributed by atoms with Crippen molar-refractivity contribution in [2.45, 2.75) is 18.9 Å². The quantitative estimate of drug-likeness (QED) is 0.822. The number of carbonyl (C=O) groups excluding carboxylic acids is 1. The number of amides is 1. The zero-order chi connectivity index (χ0) is 12.8. The molecule has 1 aliphatic rings. The molecule has 1 heterocycles. The molecule has 0 spiro atoms. The molecule has 2 rings (SSSR count). The predicted molar refractivity (Wildman–Crippen MR) is 68.6 cm³/mol. The van der Waals surface area contributed by atoms with E-state index in [1.54, 1.807) is 6.07 Å². The summed E-state index contributed by atoms with van der Waals surface area (Å²) in [5, 5.41) is 3.39. The lowest BCUT2D eigenvalue weighted by atomic mass is 10.1. The van der Waals surface area contributed by atoms with Gasteiger partial charge in [0, 0.05) is 24.4 Å². The summed E-state index contributed by atoms with van der Waals surface area (Å²) < 4.78 is 10.7. The van der Waals surface area contributed by atoms with Crippen molar-refractivity contribution in [3.8, 4) is 5.75 Å². The molecule has 5 heteroatoms. The van der Waals surface area contributed by atoms with E-state index in [1.807, 2.05) is 18.2 Å². The van der Waals surface area contributed by atoms with E-state index in [0.29, 0.717) is 11.8 Å². The van der Waals surface area contributed by atoms with Gasteiger partial charge in [-0.3, -0.25) is 4.79 Å². The number of nitrogens with two attached hydrogens (primary N) is 1. The van der Waals surface area contributed by atoms with E-state index in [0.717, 1.165) is 31.7 Å². The van der Waals surface area contributed by atoms with Crippen LogP contribution in [0.1, 0.15) is 12.8 Å². The van der Waals surface area contributed by atoms with Crippen LogP contribution >= 0.6 is 0 Å². The highest BCUT2D eigenvalue weighted by Crippen LogP contribution is 2.20. The van der Waals surface area contributed by atoms with Gasteiger partial charge in [0.05, 0.1) is 6.61 Å². The minimum Gasteiger partial charge on any atom is -0.484 e. The Morgan fingerprint density at radius 3 is 3.17 bits per heavy atom. The third-order valence-electron chi connectivity index (χ3n) is 2.75. The molecular formula is C13H18N2O3. The van der Waals surface area contributed by atoms with Gasteiger partial charge in [-0.05, 0) is 25.0 Å². The number of hydrogen-bond acceptors (Lipinski definition) is 4. The van der Waals surface area contributed by atoms with Crippen LogP contribution in [0.15, 0.2) is 24.3 Å². The molecule has 1 amide bonds. The van der Waals surface area contributed by atoms with Gasteiger partial charge in [-0.1, -0.05) is 6.07 Å². The van der Waals surface area contributed by atoms with Crippen LogP contribution in [-0.4, -0.2) is 31.8 Å². The van der Waals surface area contributed by atoms with Crippen molar-refractivity contribution in [3.05, 3.63) is 24.3 Å². The Hall–Kier alpha value is -1.75. The third-order valence-corrected chi connectivity index (χ3v) is 2.75. The molecular weight excluding hydrogens is 232 g/mol. The molecule has 1 aromatic carbocycles. The summed E-state index contributed by atoms with van der Waals surface area (Å²) >= 11 is 0. The van der Waals surface area contributed by atoms with Gasteiger partial charge in [-0.25, -0.2) is 0 Å². The SMILES string of the molecule is NC(=O)COc1cccc(NC2CCCOC2)c1. The topological polar surface area (TPSA) is 73.6 Å². The lowest BCUT2D eigenvalue weighted by molar-refractivity contribution is -0.119. The summed E-state index contributed by atoms with van der Waals surface area (Å²) in [6.07, 6.45) is 2.18. The summed E-state index contributed by atoms with van der Waals surface area (Å²) in [5.41, 5.74) is 6.00. The van der Waals surface area contributed by atoms with E-state index in [1.165, 1.54) is 0 Å². The van der Waals surface area contributed by atoms with Gasteiger partial charge in [0.2, 0.25) is 0 Å². The summed E-state index contributed by atoms with van der Waals surface area (Å²) in [6.45, 7) is 1.47. The molecule has 5 nitrogen and oxygen atoms in total. The Labute approximate surface area is 106 Å². The van der Waals surface area contributed by atoms with Crippen molar-refractivity contribution < 1.29 is 14.3 Å². The molecule has 0 bridgehead atoms. The first-order valence-corrected chi connectivity index (χ1v) is 6.09. The fraction of sp³-hybridized carbons (Fsp3) is 0.462. The Morgan fingerprint density at radius 1 is 1.56 bits per heavy atom. The zero-order valence-electron chi connectivity index (χ0n) is 10.2. The molecule has 1 unspecified atom stereocenters. The van der Waals surface area contributed by atoms with Crippen molar-refractivity contribution in [1.82, 2.24) is 0 Å². The molecule has 0 aliphatic carbocycles. The molecule has 0 radical (unpaired) electrons. The first-order chi connectivity index (χ1) is 8.74. The largest absolute Gasteiger partial charge is 0.484 e. The second-order valence-corrected chi connectivity index (χ2v) is 4.34. The van der Waals surface area contributed by atoms with Crippen molar-refractivity contribution in [2.24, 2.45) is 5.73 Å². The average Bonchev–Trinajstić information content (AvgIpc) is 2.38. The van der Waals surface area contributed by atoms with Gasteiger partial charge in [0.25, 0.3) is 5.91 Å². The normalized spacial score (nSPS) is 19.2. The van der Waals surface area contributed by atoms with E-state index in [9.17, 15) is 4.79 Å². The van der Waals surface area contributed by atoms with Crippen LogP contribution in [0, 0.1) is 0 Å². The second-order valence-electron chi connectivity index (χ2n) is 4.34. The summed E-state index contributed by atoms with van der Waals surface area (Å²) in [4.78, 5) is 10.6. The van der Waals surface area contributed by atoms with Crippen LogP contribution in [0.5, 0.6) is 5.75 Å². The smallest absolute Gasteiger partial charge is 0.255 e. The fourth-order valence-corrected chi connectivity index (χ4v) is 1.92. The van der Waals surface area contributed by atoms with E-state index < -0.39 is 5.91 Å². The molecule has 1 aromatic rings. The molecule has 0 saturated carbocycles. The van der Waals surface area contributed by atoms with Crippen LogP contribution in [0.3, 0.4) is 0 Å². The van der Waals surface area contributed by atoms with Crippen LogP contribution in [-0.2, 0) is 9.53 Å². The third kappa shape index (κ3) is 3.92. The van der Waals surface area contributed by atoms with E-state index >= 15 is 0 Å². The molecule has 1 fully saturated rings. The van der Waals surface area contributed by atoms with Crippen LogP contribution in [0.25, 0.3) is 0 Å². The minimum absolute atomic E-state index is 0.101. The van der Waals surface area contributed by atoms with Gasteiger partial charge >= 0.3 is 0 Å². The average molecular weight is 250 g/mol. The Kier molecular flexibility index (Phi) is 4.41. The number of nitrogens with one attached hydrogen (secondary N) is 1. The lowest BCUT2D eigenvalue weighted by Crippen LogP contribution is -2.29. The van der Waals surface area contributed by atoms with Crippen molar-refractivity contribution in [3.63, 3.8) is 0 Å². The Morgan fingerprint density at radius 2 is 2.44 bits per heavy atom. The maximum absolute atomic E-state index is 10.6. The van der Waals surface area contributed by atoms with E-state index in [2.05, 4.69) is 5.32 Å². The number of rotatable bonds is 5. The number of primary amides is 1. The number of carbonyl (C=O) groups is 1. The van der Waals surface area contributed by atoms with Gasteiger partial charge in [0.15, 0.2) is 6.61 Å². The van der Waals surface area contributed by atoms with Gasteiger partial charge in [-0.2, -0.15) is 0 Å². The lowest BCUT2D eigenvalue weighted by Gasteiger charge is -2.24. The van der Waals surface area contributed by atoms with Crippen molar-refractivity contribution in [1.29, 1.82) is 0 Å². The summed E-state index contributed by atoms with van der Waals surface area (Å²) in [7, 11) is 0. The maximum atomic E-state index is 10.6. The highest BCUT2D eigenvalue weighted by molar-refractivity contribution is 5.75. The highest BCUT2D eigenvalue weighted by atomic mass is 16.5. The van der Waals surface area contributed by atoms with Gasteiger partial charge in [-0.15, -0.1) is 0 Å². The van der Waals surface area contributed by atoms with Crippen LogP contribution < -0.4 is 15.8 Å². The highest BCUT2D eigenvalue weighted by Gasteiger charge is 2.13. The van der Waals surface area contributed by atoms with Gasteiger partial charge in [0.1, 0.15) is 5.75 Å². The molecule has 1 atom stereocenters. The first-order valence-electron chi connectivity index (χ1n) is 6.09. The number of hydrogen-bond donors (Lipinski definition) is 2. The number of anilines is 1. The van der Waals surface area contributed by atoms with Gasteiger partial charge < -0.3 is 20.5 Å². The minimum atomic E-state index is -0.478. The first kappa shape index (κ1) is 12.7.